The average molecular weight is 401 g/mol. The van der Waals surface area contributed by atoms with Crippen molar-refractivity contribution in [1.29, 1.82) is 0 Å². The van der Waals surface area contributed by atoms with Gasteiger partial charge in [0.2, 0.25) is 0 Å². The maximum absolute atomic E-state index is 12.0. The Kier molecular flexibility index (Phi) is 6.07. The number of rotatable bonds is 7. The zero-order valence-corrected chi connectivity index (χ0v) is 16.7. The first-order chi connectivity index (χ1) is 13.7. The van der Waals surface area contributed by atoms with E-state index in [0.29, 0.717) is 23.9 Å². The number of fused-ring (bicyclic) bond motifs is 1. The van der Waals surface area contributed by atoms with Crippen molar-refractivity contribution in [2.24, 2.45) is 0 Å². The standard InChI is InChI=1S/C21H24N2O4S/c1-25-16-4-5-17-15(11-21(24)27-19(17)12-16)13-22-14-18(20-3-2-10-28-20)23-6-8-26-9-7-23/h2-5,10-12,18,22H,6-9,13-14H2,1H3/t18-/m0/s1. The van der Waals surface area contributed by atoms with E-state index in [4.69, 9.17) is 13.9 Å². The Hall–Kier alpha value is -2.19. The van der Waals surface area contributed by atoms with E-state index in [9.17, 15) is 4.79 Å². The van der Waals surface area contributed by atoms with Crippen molar-refractivity contribution in [3.8, 4) is 5.75 Å². The fraction of sp³-hybridized carbons (Fsp3) is 0.381. The van der Waals surface area contributed by atoms with Crippen LogP contribution in [0.1, 0.15) is 16.5 Å². The molecule has 0 radical (unpaired) electrons. The van der Waals surface area contributed by atoms with Gasteiger partial charge in [0.15, 0.2) is 0 Å². The zero-order valence-electron chi connectivity index (χ0n) is 15.8. The highest BCUT2D eigenvalue weighted by Gasteiger charge is 2.23. The van der Waals surface area contributed by atoms with Gasteiger partial charge in [-0.2, -0.15) is 0 Å². The predicted octanol–water partition coefficient (Wildman–Crippen LogP) is 3.03. The summed E-state index contributed by atoms with van der Waals surface area (Å²) in [6.07, 6.45) is 0. The van der Waals surface area contributed by atoms with Gasteiger partial charge in [-0.05, 0) is 29.1 Å². The van der Waals surface area contributed by atoms with E-state index in [-0.39, 0.29) is 5.63 Å². The molecule has 28 heavy (non-hydrogen) atoms. The third kappa shape index (κ3) is 4.28. The Bertz CT molecular complexity index is 964. The van der Waals surface area contributed by atoms with Gasteiger partial charge in [-0.15, -0.1) is 11.3 Å². The molecule has 3 heterocycles. The minimum absolute atomic E-state index is 0.301. The molecular formula is C21H24N2O4S. The van der Waals surface area contributed by atoms with Gasteiger partial charge < -0.3 is 19.2 Å². The van der Waals surface area contributed by atoms with Gasteiger partial charge in [0, 0.05) is 48.6 Å². The molecule has 1 fully saturated rings. The number of benzene rings is 1. The second-order valence-corrected chi connectivity index (χ2v) is 7.74. The summed E-state index contributed by atoms with van der Waals surface area (Å²) >= 11 is 1.78. The van der Waals surface area contributed by atoms with Crippen molar-refractivity contribution in [2.45, 2.75) is 12.6 Å². The molecular weight excluding hydrogens is 376 g/mol. The van der Waals surface area contributed by atoms with Gasteiger partial charge in [-0.1, -0.05) is 6.07 Å². The molecule has 1 aliphatic heterocycles. The molecule has 0 aliphatic carbocycles. The first-order valence-corrected chi connectivity index (χ1v) is 10.3. The number of thiophene rings is 1. The summed E-state index contributed by atoms with van der Waals surface area (Å²) in [5.74, 6) is 0.672. The maximum Gasteiger partial charge on any atom is 0.336 e. The van der Waals surface area contributed by atoms with Crippen LogP contribution in [0.4, 0.5) is 0 Å². The highest BCUT2D eigenvalue weighted by atomic mass is 32.1. The highest BCUT2D eigenvalue weighted by molar-refractivity contribution is 7.10. The van der Waals surface area contributed by atoms with E-state index >= 15 is 0 Å². The van der Waals surface area contributed by atoms with Crippen molar-refractivity contribution in [1.82, 2.24) is 10.2 Å². The number of nitrogens with zero attached hydrogens (tertiary/aromatic N) is 1. The SMILES string of the molecule is COc1ccc2c(CNC[C@@H](c3cccs3)N3CCOCC3)cc(=O)oc2c1. The smallest absolute Gasteiger partial charge is 0.336 e. The van der Waals surface area contributed by atoms with Crippen LogP contribution in [0.3, 0.4) is 0 Å². The summed E-state index contributed by atoms with van der Waals surface area (Å²) in [4.78, 5) is 15.8. The van der Waals surface area contributed by atoms with Crippen molar-refractivity contribution >= 4 is 22.3 Å². The lowest BCUT2D eigenvalue weighted by Gasteiger charge is -2.34. The number of ether oxygens (including phenoxy) is 2. The van der Waals surface area contributed by atoms with E-state index in [2.05, 4.69) is 27.7 Å². The molecule has 148 valence electrons. The van der Waals surface area contributed by atoms with E-state index in [1.54, 1.807) is 30.6 Å². The van der Waals surface area contributed by atoms with E-state index < -0.39 is 0 Å². The van der Waals surface area contributed by atoms with Gasteiger partial charge in [-0.25, -0.2) is 4.79 Å². The topological polar surface area (TPSA) is 63.9 Å². The molecule has 1 aliphatic rings. The normalized spacial score (nSPS) is 16.3. The van der Waals surface area contributed by atoms with Crippen molar-refractivity contribution < 1.29 is 13.9 Å². The number of morpholine rings is 1. The van der Waals surface area contributed by atoms with Crippen LogP contribution in [0, 0.1) is 0 Å². The van der Waals surface area contributed by atoms with Gasteiger partial charge in [0.05, 0.1) is 26.4 Å². The quantitative estimate of drug-likeness (QED) is 0.615. The summed E-state index contributed by atoms with van der Waals surface area (Å²) in [6.45, 7) is 4.81. The lowest BCUT2D eigenvalue weighted by atomic mass is 10.1. The summed E-state index contributed by atoms with van der Waals surface area (Å²) in [5.41, 5.74) is 1.13. The number of hydrogen-bond acceptors (Lipinski definition) is 7. The maximum atomic E-state index is 12.0. The van der Waals surface area contributed by atoms with Crippen LogP contribution in [-0.2, 0) is 11.3 Å². The Labute approximate surface area is 167 Å². The van der Waals surface area contributed by atoms with Crippen molar-refractivity contribution in [3.05, 3.63) is 62.6 Å². The molecule has 1 atom stereocenters. The molecule has 7 heteroatoms. The van der Waals surface area contributed by atoms with Gasteiger partial charge in [-0.3, -0.25) is 4.90 Å². The molecule has 1 aromatic carbocycles. The fourth-order valence-electron chi connectivity index (χ4n) is 3.61. The first-order valence-electron chi connectivity index (χ1n) is 9.41. The molecule has 0 bridgehead atoms. The molecule has 0 saturated carbocycles. The van der Waals surface area contributed by atoms with Gasteiger partial charge in [0.25, 0.3) is 0 Å². The average Bonchev–Trinajstić information content (AvgIpc) is 3.25. The van der Waals surface area contributed by atoms with Crippen LogP contribution < -0.4 is 15.7 Å². The molecule has 0 amide bonds. The number of nitrogens with one attached hydrogen (secondary N) is 1. The van der Waals surface area contributed by atoms with Crippen LogP contribution in [-0.4, -0.2) is 44.9 Å². The lowest BCUT2D eigenvalue weighted by molar-refractivity contribution is 0.0168. The second-order valence-electron chi connectivity index (χ2n) is 6.76. The molecule has 0 spiro atoms. The van der Waals surface area contributed by atoms with Crippen molar-refractivity contribution in [3.63, 3.8) is 0 Å². The summed E-state index contributed by atoms with van der Waals surface area (Å²) in [7, 11) is 1.60. The first kappa shape index (κ1) is 19.1. The minimum atomic E-state index is -0.347. The third-order valence-electron chi connectivity index (χ3n) is 5.05. The predicted molar refractivity (Wildman–Crippen MR) is 110 cm³/mol. The van der Waals surface area contributed by atoms with E-state index in [1.165, 1.54) is 4.88 Å². The summed E-state index contributed by atoms with van der Waals surface area (Å²) in [6, 6.07) is 11.7. The largest absolute Gasteiger partial charge is 0.497 e. The molecule has 4 rings (SSSR count). The Morgan fingerprint density at radius 2 is 2.11 bits per heavy atom. The molecule has 0 unspecified atom stereocenters. The summed E-state index contributed by atoms with van der Waals surface area (Å²) in [5, 5.41) is 6.59. The number of hydrogen-bond donors (Lipinski definition) is 1. The second kappa shape index (κ2) is 8.87. The van der Waals surface area contributed by atoms with E-state index in [0.717, 1.165) is 43.8 Å². The molecule has 1 saturated heterocycles. The van der Waals surface area contributed by atoms with Crippen LogP contribution in [0.2, 0.25) is 0 Å². The molecule has 3 aromatic rings. The minimum Gasteiger partial charge on any atom is -0.497 e. The Balaban J connectivity index is 1.50. The Morgan fingerprint density at radius 3 is 2.86 bits per heavy atom. The molecule has 1 N–H and O–H groups in total. The molecule has 2 aromatic heterocycles. The fourth-order valence-corrected chi connectivity index (χ4v) is 4.47. The molecule has 6 nitrogen and oxygen atoms in total. The van der Waals surface area contributed by atoms with E-state index in [1.807, 2.05) is 12.1 Å². The third-order valence-corrected chi connectivity index (χ3v) is 6.02. The van der Waals surface area contributed by atoms with Crippen LogP contribution in [0.25, 0.3) is 11.0 Å². The highest BCUT2D eigenvalue weighted by Crippen LogP contribution is 2.26. The Morgan fingerprint density at radius 1 is 1.25 bits per heavy atom. The van der Waals surface area contributed by atoms with Crippen molar-refractivity contribution in [2.75, 3.05) is 40.0 Å². The number of methoxy groups -OCH3 is 1. The van der Waals surface area contributed by atoms with Crippen LogP contribution >= 0.6 is 11.3 Å². The lowest BCUT2D eigenvalue weighted by Crippen LogP contribution is -2.42. The van der Waals surface area contributed by atoms with Crippen LogP contribution in [0.5, 0.6) is 5.75 Å². The van der Waals surface area contributed by atoms with Gasteiger partial charge in [0.1, 0.15) is 11.3 Å². The van der Waals surface area contributed by atoms with Crippen LogP contribution in [0.15, 0.2) is 51.0 Å². The zero-order chi connectivity index (χ0) is 19.3. The monoisotopic (exact) mass is 400 g/mol. The van der Waals surface area contributed by atoms with Gasteiger partial charge >= 0.3 is 5.63 Å². The summed E-state index contributed by atoms with van der Waals surface area (Å²) < 4.78 is 16.1.